The van der Waals surface area contributed by atoms with Crippen LogP contribution in [0.3, 0.4) is 0 Å². The molecule has 4 nitrogen and oxygen atoms in total. The molecule has 0 fully saturated rings. The average Bonchev–Trinajstić information content (AvgIpc) is 2.69. The molecule has 0 aliphatic heterocycles. The van der Waals surface area contributed by atoms with Crippen LogP contribution in [0.5, 0.6) is 5.75 Å². The average molecular weight is 257 g/mol. The molecule has 0 bridgehead atoms. The summed E-state index contributed by atoms with van der Waals surface area (Å²) in [5, 5.41) is 3.51. The van der Waals surface area contributed by atoms with Gasteiger partial charge in [-0.25, -0.2) is 4.39 Å². The first-order chi connectivity index (χ1) is 8.06. The first-order valence-corrected chi connectivity index (χ1v) is 5.17. The van der Waals surface area contributed by atoms with Gasteiger partial charge in [0, 0.05) is 0 Å². The van der Waals surface area contributed by atoms with Crippen molar-refractivity contribution in [3.05, 3.63) is 28.7 Å². The molecule has 0 saturated carbocycles. The van der Waals surface area contributed by atoms with Gasteiger partial charge in [-0.3, -0.25) is 0 Å². The molecule has 0 amide bonds. The summed E-state index contributed by atoms with van der Waals surface area (Å²) in [4.78, 5) is 0. The third-order valence-corrected chi connectivity index (χ3v) is 2.70. The molecule has 0 saturated heterocycles. The van der Waals surface area contributed by atoms with Gasteiger partial charge in [0.05, 0.1) is 29.5 Å². The van der Waals surface area contributed by atoms with Gasteiger partial charge in [-0.15, -0.1) is 0 Å². The van der Waals surface area contributed by atoms with Crippen molar-refractivity contribution in [3.8, 4) is 16.9 Å². The fourth-order valence-corrected chi connectivity index (χ4v) is 1.93. The Morgan fingerprint density at radius 3 is 2.76 bits per heavy atom. The van der Waals surface area contributed by atoms with Gasteiger partial charge in [-0.05, 0) is 18.6 Å². The minimum absolute atomic E-state index is 0.00102. The van der Waals surface area contributed by atoms with Crippen LogP contribution in [0.2, 0.25) is 5.02 Å². The van der Waals surface area contributed by atoms with E-state index >= 15 is 0 Å². The molecular weight excluding hydrogens is 247 g/mol. The SMILES string of the molecule is COc1c(C)cc(Cl)c(F)c1-c1cnoc1N. The van der Waals surface area contributed by atoms with E-state index in [0.717, 1.165) is 0 Å². The molecule has 2 N–H and O–H groups in total. The lowest BCUT2D eigenvalue weighted by atomic mass is 10.0. The summed E-state index contributed by atoms with van der Waals surface area (Å²) in [5.74, 6) is -0.227. The Morgan fingerprint density at radius 2 is 2.24 bits per heavy atom. The van der Waals surface area contributed by atoms with Gasteiger partial charge in [0.25, 0.3) is 0 Å². The zero-order chi connectivity index (χ0) is 12.6. The second-order valence-electron chi connectivity index (χ2n) is 3.50. The Hall–Kier alpha value is -1.75. The van der Waals surface area contributed by atoms with Gasteiger partial charge in [-0.2, -0.15) is 0 Å². The van der Waals surface area contributed by atoms with Gasteiger partial charge in [0.2, 0.25) is 5.88 Å². The number of aryl methyl sites for hydroxylation is 1. The molecule has 90 valence electrons. The van der Waals surface area contributed by atoms with Crippen LogP contribution in [-0.4, -0.2) is 12.3 Å². The highest BCUT2D eigenvalue weighted by molar-refractivity contribution is 6.31. The summed E-state index contributed by atoms with van der Waals surface area (Å²) >= 11 is 5.79. The molecule has 0 aliphatic rings. The molecule has 0 unspecified atom stereocenters. The molecule has 17 heavy (non-hydrogen) atoms. The van der Waals surface area contributed by atoms with Crippen molar-refractivity contribution in [2.45, 2.75) is 6.92 Å². The quantitative estimate of drug-likeness (QED) is 0.897. The zero-order valence-corrected chi connectivity index (χ0v) is 10.0. The van der Waals surface area contributed by atoms with Crippen molar-refractivity contribution in [2.24, 2.45) is 0 Å². The minimum Gasteiger partial charge on any atom is -0.496 e. The van der Waals surface area contributed by atoms with Crippen LogP contribution in [0.15, 0.2) is 16.8 Å². The first-order valence-electron chi connectivity index (χ1n) is 4.79. The standard InChI is InChI=1S/C11H10ClFN2O2/c1-5-3-7(12)9(13)8(10(5)16-2)6-4-15-17-11(6)14/h3-4H,14H2,1-2H3. The molecule has 1 aromatic carbocycles. The van der Waals surface area contributed by atoms with Crippen LogP contribution in [0.1, 0.15) is 5.56 Å². The van der Waals surface area contributed by atoms with E-state index in [4.69, 9.17) is 26.6 Å². The maximum absolute atomic E-state index is 14.0. The minimum atomic E-state index is -0.607. The van der Waals surface area contributed by atoms with E-state index in [1.807, 2.05) is 0 Å². The number of nitrogens with zero attached hydrogens (tertiary/aromatic N) is 1. The van der Waals surface area contributed by atoms with Crippen LogP contribution in [0, 0.1) is 12.7 Å². The molecule has 0 atom stereocenters. The lowest BCUT2D eigenvalue weighted by Crippen LogP contribution is -1.97. The number of methoxy groups -OCH3 is 1. The molecule has 6 heteroatoms. The van der Waals surface area contributed by atoms with E-state index in [9.17, 15) is 4.39 Å². The van der Waals surface area contributed by atoms with Crippen LogP contribution in [0.25, 0.3) is 11.1 Å². The Balaban J connectivity index is 2.80. The maximum Gasteiger partial charge on any atom is 0.230 e. The molecule has 0 radical (unpaired) electrons. The van der Waals surface area contributed by atoms with Crippen molar-refractivity contribution in [1.82, 2.24) is 5.16 Å². The number of nitrogens with two attached hydrogens (primary N) is 1. The smallest absolute Gasteiger partial charge is 0.230 e. The molecule has 2 rings (SSSR count). The van der Waals surface area contributed by atoms with E-state index in [-0.39, 0.29) is 16.5 Å². The van der Waals surface area contributed by atoms with Crippen molar-refractivity contribution >= 4 is 17.5 Å². The van der Waals surface area contributed by atoms with E-state index in [1.54, 1.807) is 6.92 Å². The highest BCUT2D eigenvalue weighted by Gasteiger charge is 2.21. The van der Waals surface area contributed by atoms with Crippen molar-refractivity contribution in [2.75, 3.05) is 12.8 Å². The number of hydrogen-bond acceptors (Lipinski definition) is 4. The molecule has 1 heterocycles. The number of hydrogen-bond donors (Lipinski definition) is 1. The van der Waals surface area contributed by atoms with Crippen molar-refractivity contribution in [3.63, 3.8) is 0 Å². The lowest BCUT2D eigenvalue weighted by Gasteiger charge is -2.12. The summed E-state index contributed by atoms with van der Waals surface area (Å²) in [6.07, 6.45) is 1.33. The van der Waals surface area contributed by atoms with Gasteiger partial charge in [0.15, 0.2) is 5.82 Å². The fraction of sp³-hybridized carbons (Fsp3) is 0.182. The molecular formula is C11H10ClFN2O2. The summed E-state index contributed by atoms with van der Waals surface area (Å²) in [7, 11) is 1.45. The number of halogens is 2. The van der Waals surface area contributed by atoms with E-state index in [2.05, 4.69) is 5.16 Å². The second-order valence-corrected chi connectivity index (χ2v) is 3.91. The number of anilines is 1. The first kappa shape index (κ1) is 11.7. The zero-order valence-electron chi connectivity index (χ0n) is 9.25. The number of benzene rings is 1. The topological polar surface area (TPSA) is 61.3 Å². The summed E-state index contributed by atoms with van der Waals surface area (Å²) < 4.78 is 23.9. The predicted molar refractivity (Wildman–Crippen MR) is 62.6 cm³/mol. The summed E-state index contributed by atoms with van der Waals surface area (Å²) in [6.45, 7) is 1.76. The van der Waals surface area contributed by atoms with E-state index < -0.39 is 5.82 Å². The highest BCUT2D eigenvalue weighted by atomic mass is 35.5. The third-order valence-electron chi connectivity index (χ3n) is 2.43. The second kappa shape index (κ2) is 4.25. The number of nitrogen functional groups attached to an aromatic ring is 1. The Labute approximate surface area is 102 Å². The third kappa shape index (κ3) is 1.82. The van der Waals surface area contributed by atoms with Gasteiger partial charge in [0.1, 0.15) is 5.75 Å². The molecule has 0 spiro atoms. The highest BCUT2D eigenvalue weighted by Crippen LogP contribution is 2.40. The van der Waals surface area contributed by atoms with Crippen LogP contribution >= 0.6 is 11.6 Å². The van der Waals surface area contributed by atoms with Crippen LogP contribution in [0.4, 0.5) is 10.3 Å². The normalized spacial score (nSPS) is 10.6. The van der Waals surface area contributed by atoms with Crippen molar-refractivity contribution in [1.29, 1.82) is 0 Å². The lowest BCUT2D eigenvalue weighted by molar-refractivity contribution is 0.410. The summed E-state index contributed by atoms with van der Waals surface area (Å²) in [6, 6.07) is 1.49. The van der Waals surface area contributed by atoms with Crippen LogP contribution in [-0.2, 0) is 0 Å². The number of ether oxygens (including phenoxy) is 1. The Morgan fingerprint density at radius 1 is 1.53 bits per heavy atom. The molecule has 1 aromatic heterocycles. The van der Waals surface area contributed by atoms with Gasteiger partial charge in [-0.1, -0.05) is 16.8 Å². The van der Waals surface area contributed by atoms with Crippen LogP contribution < -0.4 is 10.5 Å². The fourth-order valence-electron chi connectivity index (χ4n) is 1.68. The van der Waals surface area contributed by atoms with E-state index in [1.165, 1.54) is 19.4 Å². The van der Waals surface area contributed by atoms with Gasteiger partial charge < -0.3 is 15.0 Å². The largest absolute Gasteiger partial charge is 0.496 e. The summed E-state index contributed by atoms with van der Waals surface area (Å²) in [5.41, 5.74) is 6.76. The van der Waals surface area contributed by atoms with Gasteiger partial charge >= 0.3 is 0 Å². The Kier molecular flexibility index (Phi) is 2.93. The Bertz CT molecular complexity index is 569. The van der Waals surface area contributed by atoms with E-state index in [0.29, 0.717) is 16.9 Å². The predicted octanol–water partition coefficient (Wildman–Crippen LogP) is 3.03. The molecule has 0 aliphatic carbocycles. The number of aromatic nitrogens is 1. The van der Waals surface area contributed by atoms with Crippen molar-refractivity contribution < 1.29 is 13.7 Å². The maximum atomic E-state index is 14.0. The number of rotatable bonds is 2. The monoisotopic (exact) mass is 256 g/mol. The molecule has 2 aromatic rings.